The van der Waals surface area contributed by atoms with Crippen LogP contribution in [0.1, 0.15) is 18.4 Å². The monoisotopic (exact) mass is 314 g/mol. The first-order valence-corrected chi connectivity index (χ1v) is 6.67. The molecule has 1 aromatic carbocycles. The van der Waals surface area contributed by atoms with Gasteiger partial charge in [0.05, 0.1) is 12.1 Å². The predicted molar refractivity (Wildman–Crippen MR) is 78.4 cm³/mol. The SMILES string of the molecule is NC(=S)c1cc(OCCCC(F)(F)F)nc2ccccc12. The van der Waals surface area contributed by atoms with Crippen LogP contribution in [-0.4, -0.2) is 22.8 Å². The van der Waals surface area contributed by atoms with Gasteiger partial charge in [-0.05, 0) is 12.5 Å². The molecule has 0 fully saturated rings. The predicted octanol–water partition coefficient (Wildman–Crippen LogP) is 3.59. The van der Waals surface area contributed by atoms with E-state index < -0.39 is 12.6 Å². The van der Waals surface area contributed by atoms with E-state index >= 15 is 0 Å². The number of nitrogens with zero attached hydrogens (tertiary/aromatic N) is 1. The molecule has 1 heterocycles. The number of halogens is 3. The van der Waals surface area contributed by atoms with Gasteiger partial charge in [0.25, 0.3) is 0 Å². The Balaban J connectivity index is 2.15. The van der Waals surface area contributed by atoms with Crippen LogP contribution >= 0.6 is 12.2 Å². The molecule has 2 rings (SSSR count). The van der Waals surface area contributed by atoms with E-state index in [4.69, 9.17) is 22.7 Å². The molecule has 1 aromatic heterocycles. The number of thiocarbonyl (C=S) groups is 1. The summed E-state index contributed by atoms with van der Waals surface area (Å²) in [6, 6.07) is 8.77. The Kier molecular flexibility index (Phi) is 4.62. The molecular formula is C14H13F3N2OS. The van der Waals surface area contributed by atoms with Crippen molar-refractivity contribution >= 4 is 28.1 Å². The molecule has 0 unspecified atom stereocenters. The third kappa shape index (κ3) is 4.29. The second-order valence-electron chi connectivity index (χ2n) is 4.46. The molecule has 0 aliphatic heterocycles. The van der Waals surface area contributed by atoms with Crippen LogP contribution in [0.3, 0.4) is 0 Å². The van der Waals surface area contributed by atoms with Crippen LogP contribution in [0.25, 0.3) is 10.9 Å². The van der Waals surface area contributed by atoms with Crippen molar-refractivity contribution in [2.45, 2.75) is 19.0 Å². The summed E-state index contributed by atoms with van der Waals surface area (Å²) in [6.45, 7) is -0.0678. The van der Waals surface area contributed by atoms with Crippen molar-refractivity contribution in [3.8, 4) is 5.88 Å². The molecule has 0 radical (unpaired) electrons. The molecule has 3 nitrogen and oxygen atoms in total. The Morgan fingerprint density at radius 1 is 1.29 bits per heavy atom. The molecule has 2 aromatic rings. The molecule has 112 valence electrons. The molecule has 0 aliphatic rings. The minimum atomic E-state index is -4.18. The average molecular weight is 314 g/mol. The summed E-state index contributed by atoms with van der Waals surface area (Å²) in [5, 5.41) is 0.785. The van der Waals surface area contributed by atoms with Gasteiger partial charge < -0.3 is 10.5 Å². The van der Waals surface area contributed by atoms with E-state index in [0.717, 1.165) is 5.39 Å². The third-order valence-electron chi connectivity index (χ3n) is 2.81. The number of aromatic nitrogens is 1. The summed E-state index contributed by atoms with van der Waals surface area (Å²) in [6.07, 6.45) is -5.19. The van der Waals surface area contributed by atoms with Crippen molar-refractivity contribution in [2.24, 2.45) is 5.73 Å². The lowest BCUT2D eigenvalue weighted by molar-refractivity contribution is -0.136. The van der Waals surface area contributed by atoms with Crippen molar-refractivity contribution in [1.29, 1.82) is 0 Å². The number of pyridine rings is 1. The maximum absolute atomic E-state index is 12.1. The van der Waals surface area contributed by atoms with Gasteiger partial charge in [-0.15, -0.1) is 0 Å². The van der Waals surface area contributed by atoms with Gasteiger partial charge in [0.2, 0.25) is 5.88 Å². The van der Waals surface area contributed by atoms with E-state index in [1.807, 2.05) is 12.1 Å². The van der Waals surface area contributed by atoms with Crippen LogP contribution in [0.5, 0.6) is 5.88 Å². The zero-order chi connectivity index (χ0) is 15.5. The lowest BCUT2D eigenvalue weighted by atomic mass is 10.1. The Hall–Kier alpha value is -1.89. The summed E-state index contributed by atoms with van der Waals surface area (Å²) in [7, 11) is 0. The topological polar surface area (TPSA) is 48.1 Å². The lowest BCUT2D eigenvalue weighted by Gasteiger charge is -2.10. The first kappa shape index (κ1) is 15.5. The highest BCUT2D eigenvalue weighted by Crippen LogP contribution is 2.24. The van der Waals surface area contributed by atoms with E-state index in [1.165, 1.54) is 0 Å². The summed E-state index contributed by atoms with van der Waals surface area (Å²) in [5.74, 6) is 0.221. The van der Waals surface area contributed by atoms with Gasteiger partial charge in [-0.3, -0.25) is 0 Å². The van der Waals surface area contributed by atoms with Gasteiger partial charge in [0, 0.05) is 23.4 Å². The Morgan fingerprint density at radius 3 is 2.67 bits per heavy atom. The van der Waals surface area contributed by atoms with Gasteiger partial charge in [0.15, 0.2) is 0 Å². The number of fused-ring (bicyclic) bond motifs is 1. The minimum absolute atomic E-state index is 0.0678. The molecule has 7 heteroatoms. The van der Waals surface area contributed by atoms with Crippen molar-refractivity contribution in [2.75, 3.05) is 6.61 Å². The largest absolute Gasteiger partial charge is 0.478 e. The van der Waals surface area contributed by atoms with E-state index in [2.05, 4.69) is 4.98 Å². The van der Waals surface area contributed by atoms with Crippen LogP contribution in [-0.2, 0) is 0 Å². The fraction of sp³-hybridized carbons (Fsp3) is 0.286. The quantitative estimate of drug-likeness (QED) is 0.677. The maximum Gasteiger partial charge on any atom is 0.389 e. The van der Waals surface area contributed by atoms with Gasteiger partial charge in [-0.25, -0.2) is 4.98 Å². The van der Waals surface area contributed by atoms with Crippen LogP contribution < -0.4 is 10.5 Å². The van der Waals surface area contributed by atoms with E-state index in [1.54, 1.807) is 18.2 Å². The first-order valence-electron chi connectivity index (χ1n) is 6.26. The Morgan fingerprint density at radius 2 is 2.00 bits per heavy atom. The van der Waals surface area contributed by atoms with Crippen molar-refractivity contribution in [1.82, 2.24) is 4.98 Å². The Bertz CT molecular complexity index is 658. The van der Waals surface area contributed by atoms with Crippen LogP contribution in [0.2, 0.25) is 0 Å². The van der Waals surface area contributed by atoms with Gasteiger partial charge in [-0.1, -0.05) is 30.4 Å². The fourth-order valence-electron chi connectivity index (χ4n) is 1.88. The smallest absolute Gasteiger partial charge is 0.389 e. The number of nitrogens with two attached hydrogens (primary N) is 1. The van der Waals surface area contributed by atoms with Gasteiger partial charge in [0.1, 0.15) is 4.99 Å². The third-order valence-corrected chi connectivity index (χ3v) is 3.03. The van der Waals surface area contributed by atoms with Gasteiger partial charge in [-0.2, -0.15) is 13.2 Å². The zero-order valence-corrected chi connectivity index (χ0v) is 11.8. The highest BCUT2D eigenvalue weighted by atomic mass is 32.1. The van der Waals surface area contributed by atoms with Crippen molar-refractivity contribution < 1.29 is 17.9 Å². The first-order chi connectivity index (χ1) is 9.87. The molecule has 0 atom stereocenters. The molecule has 0 spiro atoms. The number of para-hydroxylation sites is 1. The number of benzene rings is 1. The van der Waals surface area contributed by atoms with E-state index in [0.29, 0.717) is 11.1 Å². The van der Waals surface area contributed by atoms with Gasteiger partial charge >= 0.3 is 6.18 Å². The molecule has 0 saturated heterocycles. The number of hydrogen-bond acceptors (Lipinski definition) is 3. The average Bonchev–Trinajstić information content (AvgIpc) is 2.41. The maximum atomic E-state index is 12.1. The molecule has 0 amide bonds. The van der Waals surface area contributed by atoms with Crippen molar-refractivity contribution in [3.63, 3.8) is 0 Å². The number of ether oxygens (including phenoxy) is 1. The summed E-state index contributed by atoms with van der Waals surface area (Å²) < 4.78 is 41.4. The van der Waals surface area contributed by atoms with Crippen LogP contribution in [0.4, 0.5) is 13.2 Å². The second kappa shape index (κ2) is 6.26. The second-order valence-corrected chi connectivity index (χ2v) is 4.90. The highest BCUT2D eigenvalue weighted by molar-refractivity contribution is 7.80. The molecule has 21 heavy (non-hydrogen) atoms. The normalized spacial score (nSPS) is 11.6. The van der Waals surface area contributed by atoms with Crippen LogP contribution in [0, 0.1) is 0 Å². The minimum Gasteiger partial charge on any atom is -0.478 e. The summed E-state index contributed by atoms with van der Waals surface area (Å²) in [5.41, 5.74) is 6.89. The molecule has 0 aliphatic carbocycles. The summed E-state index contributed by atoms with van der Waals surface area (Å²) in [4.78, 5) is 4.42. The number of rotatable bonds is 5. The number of alkyl halides is 3. The van der Waals surface area contributed by atoms with E-state index in [-0.39, 0.29) is 23.9 Å². The standard InChI is InChI=1S/C14H13F3N2OS/c15-14(16,17)6-3-7-20-12-8-10(13(18)21)9-4-1-2-5-11(9)19-12/h1-2,4-5,8H,3,6-7H2,(H2,18,21). The zero-order valence-electron chi connectivity index (χ0n) is 11.0. The fourth-order valence-corrected chi connectivity index (χ4v) is 2.05. The molecule has 0 bridgehead atoms. The molecule has 2 N–H and O–H groups in total. The molecular weight excluding hydrogens is 301 g/mol. The lowest BCUT2D eigenvalue weighted by Crippen LogP contribution is -2.12. The number of hydrogen-bond donors (Lipinski definition) is 1. The molecule has 0 saturated carbocycles. The van der Waals surface area contributed by atoms with Crippen LogP contribution in [0.15, 0.2) is 30.3 Å². The highest BCUT2D eigenvalue weighted by Gasteiger charge is 2.26. The summed E-state index contributed by atoms with van der Waals surface area (Å²) >= 11 is 4.98. The van der Waals surface area contributed by atoms with Crippen molar-refractivity contribution in [3.05, 3.63) is 35.9 Å². The van der Waals surface area contributed by atoms with E-state index in [9.17, 15) is 13.2 Å². The Labute approximate surface area is 124 Å².